The molecule has 0 atom stereocenters. The molecule has 2 rings (SSSR count). The van der Waals surface area contributed by atoms with Crippen molar-refractivity contribution < 1.29 is 18.8 Å². The number of carbonyl (C=O) groups is 1. The molecule has 6 nitrogen and oxygen atoms in total. The Bertz CT molecular complexity index is 461. The Kier molecular flexibility index (Phi) is 3.00. The zero-order valence-corrected chi connectivity index (χ0v) is 8.38. The van der Waals surface area contributed by atoms with Crippen LogP contribution in [0.4, 0.5) is 0 Å². The lowest BCUT2D eigenvalue weighted by atomic mass is 10.2. The third-order valence-electron chi connectivity index (χ3n) is 1.98. The molecule has 0 amide bonds. The second-order valence-corrected chi connectivity index (χ2v) is 3.21. The normalized spacial score (nSPS) is 10.5. The maximum Gasteiger partial charge on any atom is 0.238 e. The summed E-state index contributed by atoms with van der Waals surface area (Å²) in [6.45, 7) is 0. The van der Waals surface area contributed by atoms with Crippen molar-refractivity contribution in [3.8, 4) is 11.6 Å². The zero-order chi connectivity index (χ0) is 11.4. The molecule has 0 saturated carbocycles. The number of rotatable bonds is 5. The number of aryl methyl sites for hydroxylation is 1. The van der Waals surface area contributed by atoms with E-state index in [0.717, 1.165) is 0 Å². The number of aliphatic carboxylic acids is 1. The molecule has 0 aromatic carbocycles. The van der Waals surface area contributed by atoms with Gasteiger partial charge in [0.1, 0.15) is 0 Å². The van der Waals surface area contributed by atoms with E-state index in [-0.39, 0.29) is 6.42 Å². The van der Waals surface area contributed by atoms with Crippen molar-refractivity contribution in [2.24, 2.45) is 0 Å². The summed E-state index contributed by atoms with van der Waals surface area (Å²) in [7, 11) is 0. The number of hydrogen-bond donors (Lipinski definition) is 0. The number of nitrogens with zero attached hydrogens (tertiary/aromatic N) is 2. The maximum absolute atomic E-state index is 10.2. The third-order valence-corrected chi connectivity index (χ3v) is 1.98. The molecule has 2 aromatic rings. The van der Waals surface area contributed by atoms with Crippen molar-refractivity contribution in [1.82, 2.24) is 10.1 Å². The highest BCUT2D eigenvalue weighted by Crippen LogP contribution is 2.16. The van der Waals surface area contributed by atoms with Crippen LogP contribution >= 0.6 is 0 Å². The predicted molar refractivity (Wildman–Crippen MR) is 49.9 cm³/mol. The monoisotopic (exact) mass is 221 g/mol. The van der Waals surface area contributed by atoms with Gasteiger partial charge in [-0.15, -0.1) is 0 Å². The minimum Gasteiger partial charge on any atom is -0.550 e. The number of carboxylic acid groups (broad SMARTS) is 1. The van der Waals surface area contributed by atoms with E-state index in [9.17, 15) is 9.90 Å². The van der Waals surface area contributed by atoms with E-state index in [0.29, 0.717) is 30.3 Å². The summed E-state index contributed by atoms with van der Waals surface area (Å²) in [5.41, 5.74) is 0. The fourth-order valence-electron chi connectivity index (χ4n) is 1.25. The topological polar surface area (TPSA) is 92.2 Å². The molecule has 16 heavy (non-hydrogen) atoms. The van der Waals surface area contributed by atoms with Crippen molar-refractivity contribution >= 4 is 5.97 Å². The van der Waals surface area contributed by atoms with E-state index in [1.165, 1.54) is 6.26 Å². The molecule has 0 aliphatic heterocycles. The van der Waals surface area contributed by atoms with Gasteiger partial charge in [-0.3, -0.25) is 0 Å². The highest BCUT2D eigenvalue weighted by molar-refractivity contribution is 5.64. The van der Waals surface area contributed by atoms with Gasteiger partial charge >= 0.3 is 0 Å². The van der Waals surface area contributed by atoms with E-state index in [4.69, 9.17) is 8.94 Å². The van der Waals surface area contributed by atoms with Crippen molar-refractivity contribution in [1.29, 1.82) is 0 Å². The summed E-state index contributed by atoms with van der Waals surface area (Å²) in [5.74, 6) is 0.210. The molecule has 0 spiro atoms. The molecule has 84 valence electrons. The standard InChI is InChI=1S/C10H10N2O4/c13-9(14)5-1-4-8-11-10(12-16-8)7-3-2-6-15-7/h2-3,6H,1,4-5H2,(H,13,14)/p-1. The Balaban J connectivity index is 1.95. The summed E-state index contributed by atoms with van der Waals surface area (Å²) < 4.78 is 10.0. The van der Waals surface area contributed by atoms with E-state index in [1.54, 1.807) is 12.1 Å². The van der Waals surface area contributed by atoms with Crippen LogP contribution in [0, 0.1) is 0 Å². The molecular weight excluding hydrogens is 212 g/mol. The maximum atomic E-state index is 10.2. The Labute approximate surface area is 90.9 Å². The molecule has 0 aliphatic rings. The van der Waals surface area contributed by atoms with Gasteiger partial charge in [0, 0.05) is 12.4 Å². The summed E-state index contributed by atoms with van der Waals surface area (Å²) >= 11 is 0. The SMILES string of the molecule is O=C([O-])CCCc1nc(-c2ccco2)no1. The molecule has 2 aromatic heterocycles. The predicted octanol–water partition coefficient (Wildman–Crippen LogP) is 0.402. The largest absolute Gasteiger partial charge is 0.550 e. The molecule has 0 N–H and O–H groups in total. The molecule has 0 saturated heterocycles. The lowest BCUT2D eigenvalue weighted by Crippen LogP contribution is -2.21. The van der Waals surface area contributed by atoms with Gasteiger partial charge in [0.15, 0.2) is 5.76 Å². The van der Waals surface area contributed by atoms with Gasteiger partial charge in [-0.25, -0.2) is 0 Å². The summed E-state index contributed by atoms with van der Waals surface area (Å²) in [6.07, 6.45) is 2.34. The molecular formula is C10H9N2O4-. The van der Waals surface area contributed by atoms with Crippen molar-refractivity contribution in [2.45, 2.75) is 19.3 Å². The Morgan fingerprint density at radius 1 is 1.50 bits per heavy atom. The first-order valence-electron chi connectivity index (χ1n) is 4.82. The third kappa shape index (κ3) is 2.47. The van der Waals surface area contributed by atoms with Crippen LogP contribution in [0.3, 0.4) is 0 Å². The average Bonchev–Trinajstić information content (AvgIpc) is 2.85. The van der Waals surface area contributed by atoms with Crippen LogP contribution in [0.1, 0.15) is 18.7 Å². The van der Waals surface area contributed by atoms with Gasteiger partial charge in [-0.05, 0) is 25.0 Å². The smallest absolute Gasteiger partial charge is 0.238 e. The van der Waals surface area contributed by atoms with E-state index >= 15 is 0 Å². The lowest BCUT2D eigenvalue weighted by Gasteiger charge is -1.97. The molecule has 6 heteroatoms. The average molecular weight is 221 g/mol. The minimum atomic E-state index is -1.08. The quantitative estimate of drug-likeness (QED) is 0.725. The second kappa shape index (κ2) is 4.61. The van der Waals surface area contributed by atoms with Crippen molar-refractivity contribution in [3.63, 3.8) is 0 Å². The number of carboxylic acids is 1. The highest BCUT2D eigenvalue weighted by atomic mass is 16.5. The molecule has 0 aliphatic carbocycles. The fraction of sp³-hybridized carbons (Fsp3) is 0.300. The Hall–Kier alpha value is -2.11. The number of carbonyl (C=O) groups excluding carboxylic acids is 1. The highest BCUT2D eigenvalue weighted by Gasteiger charge is 2.10. The number of furan rings is 1. The van der Waals surface area contributed by atoms with E-state index < -0.39 is 5.97 Å². The first-order valence-corrected chi connectivity index (χ1v) is 4.82. The minimum absolute atomic E-state index is 0.0154. The van der Waals surface area contributed by atoms with Crippen LogP contribution in [0.25, 0.3) is 11.6 Å². The van der Waals surface area contributed by atoms with Crippen LogP contribution in [0.2, 0.25) is 0 Å². The fourth-order valence-corrected chi connectivity index (χ4v) is 1.25. The van der Waals surface area contributed by atoms with Crippen LogP contribution in [-0.2, 0) is 11.2 Å². The molecule has 0 radical (unpaired) electrons. The van der Waals surface area contributed by atoms with Crippen LogP contribution < -0.4 is 5.11 Å². The zero-order valence-electron chi connectivity index (χ0n) is 8.38. The molecule has 0 fully saturated rings. The van der Waals surface area contributed by atoms with Gasteiger partial charge in [0.2, 0.25) is 11.7 Å². The van der Waals surface area contributed by atoms with Gasteiger partial charge in [-0.2, -0.15) is 4.98 Å². The van der Waals surface area contributed by atoms with Gasteiger partial charge in [0.25, 0.3) is 0 Å². The van der Waals surface area contributed by atoms with Crippen LogP contribution in [-0.4, -0.2) is 16.1 Å². The summed E-state index contributed by atoms with van der Waals surface area (Å²) in [5, 5.41) is 13.9. The molecule has 0 bridgehead atoms. The van der Waals surface area contributed by atoms with Crippen molar-refractivity contribution in [2.75, 3.05) is 0 Å². The first-order chi connectivity index (χ1) is 7.75. The van der Waals surface area contributed by atoms with Crippen LogP contribution in [0.5, 0.6) is 0 Å². The Morgan fingerprint density at radius 2 is 2.38 bits per heavy atom. The van der Waals surface area contributed by atoms with Crippen LogP contribution in [0.15, 0.2) is 27.3 Å². The molecule has 0 unspecified atom stereocenters. The second-order valence-electron chi connectivity index (χ2n) is 3.21. The van der Waals surface area contributed by atoms with Gasteiger partial charge in [-0.1, -0.05) is 5.16 Å². The van der Waals surface area contributed by atoms with E-state index in [2.05, 4.69) is 10.1 Å². The summed E-state index contributed by atoms with van der Waals surface area (Å²) in [4.78, 5) is 14.3. The molecule has 2 heterocycles. The first kappa shape index (κ1) is 10.4. The van der Waals surface area contributed by atoms with Gasteiger partial charge in [0.05, 0.1) is 6.26 Å². The lowest BCUT2D eigenvalue weighted by molar-refractivity contribution is -0.305. The van der Waals surface area contributed by atoms with Gasteiger partial charge < -0.3 is 18.8 Å². The van der Waals surface area contributed by atoms with E-state index in [1.807, 2.05) is 0 Å². The Morgan fingerprint density at radius 3 is 3.06 bits per heavy atom. The number of aromatic nitrogens is 2. The van der Waals surface area contributed by atoms with Crippen molar-refractivity contribution in [3.05, 3.63) is 24.3 Å². The summed E-state index contributed by atoms with van der Waals surface area (Å²) in [6, 6.07) is 3.44. The number of hydrogen-bond acceptors (Lipinski definition) is 6.